The van der Waals surface area contributed by atoms with Crippen LogP contribution >= 0.6 is 11.6 Å². The number of carbonyl (C=O) groups is 1. The molecule has 4 rings (SSSR count). The lowest BCUT2D eigenvalue weighted by Gasteiger charge is -2.42. The number of aliphatic imine (C=N–C) groups is 1. The second kappa shape index (κ2) is 8.36. The molecule has 0 spiro atoms. The first kappa shape index (κ1) is 19.6. The van der Waals surface area contributed by atoms with E-state index in [-0.39, 0.29) is 5.91 Å². The van der Waals surface area contributed by atoms with E-state index in [1.165, 1.54) is 32.4 Å². The van der Waals surface area contributed by atoms with Crippen LogP contribution in [0.1, 0.15) is 37.7 Å². The molecule has 1 aromatic rings. The lowest BCUT2D eigenvalue weighted by molar-refractivity contribution is -0.140. The Morgan fingerprint density at radius 3 is 2.43 bits per heavy atom. The average molecular weight is 402 g/mol. The zero-order valence-electron chi connectivity index (χ0n) is 16.1. The van der Waals surface area contributed by atoms with E-state index in [1.54, 1.807) is 42.8 Å². The van der Waals surface area contributed by atoms with Gasteiger partial charge in [0, 0.05) is 36.6 Å². The summed E-state index contributed by atoms with van der Waals surface area (Å²) in [6.07, 6.45) is 10.7. The van der Waals surface area contributed by atoms with Crippen LogP contribution in [0.15, 0.2) is 41.5 Å². The molecule has 0 saturated carbocycles. The highest BCUT2D eigenvalue weighted by Crippen LogP contribution is 2.35. The largest absolute Gasteiger partial charge is 0.380 e. The average Bonchev–Trinajstić information content (AvgIpc) is 2.75. The van der Waals surface area contributed by atoms with Crippen LogP contribution in [0.3, 0.4) is 0 Å². The second-order valence-corrected chi connectivity index (χ2v) is 8.51. The van der Waals surface area contributed by atoms with E-state index < -0.39 is 11.5 Å². The number of likely N-dealkylation sites (tertiary alicyclic amines) is 2. The molecule has 3 heterocycles. The van der Waals surface area contributed by atoms with Crippen LogP contribution in [-0.2, 0) is 10.4 Å². The molecule has 5 nitrogen and oxygen atoms in total. The van der Waals surface area contributed by atoms with Crippen molar-refractivity contribution in [2.24, 2.45) is 10.9 Å². The fraction of sp³-hybridized carbons (Fsp3) is 0.545. The molecule has 2 atom stereocenters. The van der Waals surface area contributed by atoms with Gasteiger partial charge < -0.3 is 14.9 Å². The number of aliphatic hydroxyl groups is 1. The Morgan fingerprint density at radius 2 is 1.75 bits per heavy atom. The van der Waals surface area contributed by atoms with Gasteiger partial charge in [-0.25, -0.2) is 0 Å². The molecular formula is C22H28ClN3O2. The molecule has 6 heteroatoms. The molecule has 0 aromatic heterocycles. The predicted molar refractivity (Wildman–Crippen MR) is 111 cm³/mol. The van der Waals surface area contributed by atoms with Crippen LogP contribution in [-0.4, -0.2) is 59.2 Å². The van der Waals surface area contributed by atoms with Gasteiger partial charge in [0.05, 0.1) is 0 Å². The van der Waals surface area contributed by atoms with Crippen LogP contribution in [0.25, 0.3) is 0 Å². The number of carbonyl (C=O) groups excluding carboxylic acids is 1. The van der Waals surface area contributed by atoms with Crippen LogP contribution in [0.5, 0.6) is 0 Å². The van der Waals surface area contributed by atoms with Crippen molar-refractivity contribution < 1.29 is 9.90 Å². The van der Waals surface area contributed by atoms with Crippen LogP contribution in [0.4, 0.5) is 0 Å². The van der Waals surface area contributed by atoms with E-state index >= 15 is 0 Å². The maximum atomic E-state index is 13.3. The summed E-state index contributed by atoms with van der Waals surface area (Å²) < 4.78 is 0. The highest BCUT2D eigenvalue weighted by Gasteiger charge is 2.43. The van der Waals surface area contributed by atoms with Crippen molar-refractivity contribution in [2.45, 2.75) is 43.7 Å². The van der Waals surface area contributed by atoms with Crippen molar-refractivity contribution in [1.29, 1.82) is 0 Å². The van der Waals surface area contributed by atoms with Crippen molar-refractivity contribution in [3.05, 3.63) is 47.1 Å². The minimum atomic E-state index is -1.40. The van der Waals surface area contributed by atoms with Gasteiger partial charge in [-0.3, -0.25) is 9.79 Å². The summed E-state index contributed by atoms with van der Waals surface area (Å²) in [5, 5.41) is 12.0. The minimum Gasteiger partial charge on any atom is -0.380 e. The number of benzene rings is 1. The molecule has 2 fully saturated rings. The zero-order valence-corrected chi connectivity index (χ0v) is 16.9. The van der Waals surface area contributed by atoms with Gasteiger partial charge in [0.15, 0.2) is 0 Å². The third-order valence-electron chi connectivity index (χ3n) is 6.38. The van der Waals surface area contributed by atoms with E-state index in [0.717, 1.165) is 25.9 Å². The summed E-state index contributed by atoms with van der Waals surface area (Å²) >= 11 is 5.99. The summed E-state index contributed by atoms with van der Waals surface area (Å²) in [4.78, 5) is 21.9. The van der Waals surface area contributed by atoms with E-state index in [9.17, 15) is 9.90 Å². The molecule has 1 aromatic carbocycles. The minimum absolute atomic E-state index is 0.0531. The molecule has 3 aliphatic rings. The van der Waals surface area contributed by atoms with Crippen molar-refractivity contribution in [2.75, 3.05) is 26.2 Å². The number of nitrogens with zero attached hydrogens (tertiary/aromatic N) is 3. The molecule has 1 amide bonds. The topological polar surface area (TPSA) is 56.1 Å². The fourth-order valence-corrected chi connectivity index (χ4v) is 4.81. The lowest BCUT2D eigenvalue weighted by Crippen LogP contribution is -2.52. The van der Waals surface area contributed by atoms with Gasteiger partial charge in [-0.1, -0.05) is 30.2 Å². The zero-order chi connectivity index (χ0) is 19.6. The normalized spacial score (nSPS) is 29.2. The Hall–Kier alpha value is -1.69. The number of piperidine rings is 2. The van der Waals surface area contributed by atoms with Crippen molar-refractivity contribution >= 4 is 23.7 Å². The van der Waals surface area contributed by atoms with Crippen molar-refractivity contribution in [3.8, 4) is 0 Å². The molecule has 0 radical (unpaired) electrons. The Bertz CT molecular complexity index is 750. The smallest absolute Gasteiger partial charge is 0.234 e. The molecule has 2 saturated heterocycles. The predicted octanol–water partition coefficient (Wildman–Crippen LogP) is 3.22. The number of rotatable bonds is 3. The monoisotopic (exact) mass is 401 g/mol. The second-order valence-electron chi connectivity index (χ2n) is 8.08. The van der Waals surface area contributed by atoms with E-state index in [2.05, 4.69) is 9.89 Å². The summed E-state index contributed by atoms with van der Waals surface area (Å²) in [7, 11) is 0. The Labute approximate surface area is 171 Å². The quantitative estimate of drug-likeness (QED) is 0.846. The maximum Gasteiger partial charge on any atom is 0.234 e. The van der Waals surface area contributed by atoms with Gasteiger partial charge in [-0.05, 0) is 62.5 Å². The molecule has 3 aliphatic heterocycles. The van der Waals surface area contributed by atoms with Crippen LogP contribution in [0, 0.1) is 5.92 Å². The highest BCUT2D eigenvalue weighted by molar-refractivity contribution is 6.30. The summed E-state index contributed by atoms with van der Waals surface area (Å²) in [5.74, 6) is -0.771. The third-order valence-corrected chi connectivity index (χ3v) is 6.63. The molecular weight excluding hydrogens is 374 g/mol. The van der Waals surface area contributed by atoms with E-state index in [0.29, 0.717) is 16.6 Å². The van der Waals surface area contributed by atoms with Crippen molar-refractivity contribution in [1.82, 2.24) is 9.80 Å². The van der Waals surface area contributed by atoms with Crippen LogP contribution < -0.4 is 0 Å². The Balaban J connectivity index is 1.45. The summed E-state index contributed by atoms with van der Waals surface area (Å²) in [5.41, 5.74) is -0.742. The molecule has 0 bridgehead atoms. The van der Waals surface area contributed by atoms with Gasteiger partial charge in [-0.2, -0.15) is 0 Å². The van der Waals surface area contributed by atoms with Gasteiger partial charge in [0.2, 0.25) is 5.91 Å². The number of amides is 1. The maximum absolute atomic E-state index is 13.3. The van der Waals surface area contributed by atoms with Gasteiger partial charge in [0.1, 0.15) is 11.5 Å². The number of hydrogen-bond acceptors (Lipinski definition) is 4. The number of hydrogen-bond donors (Lipinski definition) is 1. The van der Waals surface area contributed by atoms with E-state index in [1.807, 2.05) is 4.90 Å². The molecule has 1 N–H and O–H groups in total. The summed E-state index contributed by atoms with van der Waals surface area (Å²) in [6, 6.07) is 7.60. The standard InChI is InChI=1S/C22H28ClN3O2/c23-18-6-4-17(5-7-18)22(28)10-11-24-16-20(22)21(27)26-14-8-19(9-15-26)25-12-2-1-3-13-25/h4-7,10-11,16,19-20,28H,1-3,8-9,12-15H2. The van der Waals surface area contributed by atoms with Gasteiger partial charge >= 0.3 is 0 Å². The number of halogens is 1. The molecule has 0 aliphatic carbocycles. The third kappa shape index (κ3) is 3.88. The first-order valence-electron chi connectivity index (χ1n) is 10.3. The first-order valence-corrected chi connectivity index (χ1v) is 10.7. The fourth-order valence-electron chi connectivity index (χ4n) is 4.69. The first-order chi connectivity index (χ1) is 13.6. The molecule has 28 heavy (non-hydrogen) atoms. The SMILES string of the molecule is O=C(C1C=NC=CC1(O)c1ccc(Cl)cc1)N1CCC(N2CCCCC2)CC1. The Kier molecular flexibility index (Phi) is 5.85. The van der Waals surface area contributed by atoms with Gasteiger partial charge in [-0.15, -0.1) is 0 Å². The summed E-state index contributed by atoms with van der Waals surface area (Å²) in [6.45, 7) is 3.86. The van der Waals surface area contributed by atoms with Crippen molar-refractivity contribution in [3.63, 3.8) is 0 Å². The van der Waals surface area contributed by atoms with Crippen LogP contribution in [0.2, 0.25) is 5.02 Å². The Morgan fingerprint density at radius 1 is 1.07 bits per heavy atom. The van der Waals surface area contributed by atoms with E-state index in [4.69, 9.17) is 11.6 Å². The highest BCUT2D eigenvalue weighted by atomic mass is 35.5. The van der Waals surface area contributed by atoms with Gasteiger partial charge in [0.25, 0.3) is 0 Å². The lowest BCUT2D eigenvalue weighted by atomic mass is 9.79. The molecule has 150 valence electrons. The molecule has 2 unspecified atom stereocenters.